The van der Waals surface area contributed by atoms with Gasteiger partial charge in [0.05, 0.1) is 6.10 Å². The van der Waals surface area contributed by atoms with Crippen LogP contribution in [0.2, 0.25) is 0 Å². The van der Waals surface area contributed by atoms with E-state index < -0.39 is 0 Å². The van der Waals surface area contributed by atoms with Gasteiger partial charge in [-0.1, -0.05) is 0 Å². The monoisotopic (exact) mass is 267 g/mol. The summed E-state index contributed by atoms with van der Waals surface area (Å²) >= 11 is 0. The van der Waals surface area contributed by atoms with Gasteiger partial charge < -0.3 is 21.5 Å². The Morgan fingerprint density at radius 2 is 2.16 bits per heavy atom. The van der Waals surface area contributed by atoms with Crippen LogP contribution in [0.3, 0.4) is 0 Å². The number of nitrogens with one attached hydrogen (secondary N) is 1. The first-order chi connectivity index (χ1) is 9.00. The number of hydrogen-bond acceptors (Lipinski definition) is 6. The van der Waals surface area contributed by atoms with E-state index in [4.69, 9.17) is 16.2 Å². The second-order valence-electron chi connectivity index (χ2n) is 4.46. The van der Waals surface area contributed by atoms with Crippen LogP contribution in [0.15, 0.2) is 6.33 Å². The molecule has 0 saturated heterocycles. The molecule has 0 aromatic carbocycles. The van der Waals surface area contributed by atoms with Crippen molar-refractivity contribution >= 4 is 17.4 Å². The lowest BCUT2D eigenvalue weighted by Gasteiger charge is -2.13. The fourth-order valence-corrected chi connectivity index (χ4v) is 1.47. The molecule has 0 spiro atoms. The van der Waals surface area contributed by atoms with Crippen molar-refractivity contribution in [2.75, 3.05) is 17.6 Å². The molecule has 0 saturated carbocycles. The van der Waals surface area contributed by atoms with Crippen molar-refractivity contribution in [3.63, 3.8) is 0 Å². The van der Waals surface area contributed by atoms with Gasteiger partial charge in [-0.15, -0.1) is 0 Å². The minimum atomic E-state index is -0.283. The Hall–Kier alpha value is -2.05. The summed E-state index contributed by atoms with van der Waals surface area (Å²) in [7, 11) is 0. The van der Waals surface area contributed by atoms with Crippen LogP contribution in [0.1, 0.15) is 33.1 Å². The maximum absolute atomic E-state index is 10.6. The molecule has 0 aliphatic heterocycles. The summed E-state index contributed by atoms with van der Waals surface area (Å²) in [6.45, 7) is 4.46. The number of aromatic nitrogens is 2. The van der Waals surface area contributed by atoms with E-state index in [0.717, 1.165) is 12.8 Å². The molecule has 1 aromatic rings. The normalized spacial score (nSPS) is 10.5. The van der Waals surface area contributed by atoms with E-state index in [1.54, 1.807) is 0 Å². The summed E-state index contributed by atoms with van der Waals surface area (Å²) in [5.41, 5.74) is 11.4. The summed E-state index contributed by atoms with van der Waals surface area (Å²) in [6, 6.07) is 0. The molecule has 106 valence electrons. The number of carbonyl (C=O) groups is 1. The molecule has 7 nitrogen and oxygen atoms in total. The number of unbranched alkanes of at least 4 members (excludes halogenated alkanes) is 1. The summed E-state index contributed by atoms with van der Waals surface area (Å²) in [5, 5.41) is 3.09. The van der Waals surface area contributed by atoms with Crippen LogP contribution in [0.25, 0.3) is 0 Å². The average Bonchev–Trinajstić information content (AvgIpc) is 2.32. The largest absolute Gasteiger partial charge is 0.473 e. The van der Waals surface area contributed by atoms with Crippen LogP contribution >= 0.6 is 0 Å². The van der Waals surface area contributed by atoms with E-state index >= 15 is 0 Å². The van der Waals surface area contributed by atoms with Crippen molar-refractivity contribution < 1.29 is 9.53 Å². The van der Waals surface area contributed by atoms with Gasteiger partial charge in [-0.05, 0) is 26.7 Å². The second kappa shape index (κ2) is 7.40. The van der Waals surface area contributed by atoms with Crippen LogP contribution in [0.4, 0.5) is 11.5 Å². The van der Waals surface area contributed by atoms with Gasteiger partial charge in [0, 0.05) is 13.0 Å². The highest BCUT2D eigenvalue weighted by Crippen LogP contribution is 2.25. The zero-order chi connectivity index (χ0) is 14.3. The zero-order valence-corrected chi connectivity index (χ0v) is 11.3. The third-order valence-electron chi connectivity index (χ3n) is 2.34. The highest BCUT2D eigenvalue weighted by molar-refractivity contribution is 5.73. The van der Waals surface area contributed by atoms with Crippen LogP contribution in [0, 0.1) is 0 Å². The number of anilines is 2. The fraction of sp³-hybridized carbons (Fsp3) is 0.583. The number of primary amides is 1. The van der Waals surface area contributed by atoms with E-state index in [-0.39, 0.29) is 12.0 Å². The van der Waals surface area contributed by atoms with Crippen LogP contribution < -0.4 is 21.5 Å². The molecule has 1 amide bonds. The number of carbonyl (C=O) groups excluding carboxylic acids is 1. The van der Waals surface area contributed by atoms with Gasteiger partial charge >= 0.3 is 0 Å². The van der Waals surface area contributed by atoms with Crippen molar-refractivity contribution in [2.24, 2.45) is 5.73 Å². The summed E-state index contributed by atoms with van der Waals surface area (Å²) in [5.74, 6) is 0.642. The maximum Gasteiger partial charge on any atom is 0.242 e. The average molecular weight is 267 g/mol. The molecule has 0 unspecified atom stereocenters. The topological polar surface area (TPSA) is 116 Å². The number of ether oxygens (including phenoxy) is 1. The predicted octanol–water partition coefficient (Wildman–Crippen LogP) is 0.914. The lowest BCUT2D eigenvalue weighted by molar-refractivity contribution is -0.118. The first-order valence-electron chi connectivity index (χ1n) is 6.30. The van der Waals surface area contributed by atoms with E-state index in [1.807, 2.05) is 13.8 Å². The molecule has 0 bridgehead atoms. The van der Waals surface area contributed by atoms with Crippen molar-refractivity contribution in [3.05, 3.63) is 6.33 Å². The van der Waals surface area contributed by atoms with Gasteiger partial charge in [0.2, 0.25) is 11.8 Å². The van der Waals surface area contributed by atoms with Gasteiger partial charge in [0.15, 0.2) is 5.82 Å². The Morgan fingerprint density at radius 3 is 2.79 bits per heavy atom. The lowest BCUT2D eigenvalue weighted by Crippen LogP contribution is -2.13. The molecule has 1 rings (SSSR count). The Balaban J connectivity index is 2.47. The molecule has 0 atom stereocenters. The molecule has 19 heavy (non-hydrogen) atoms. The van der Waals surface area contributed by atoms with E-state index in [1.165, 1.54) is 6.33 Å². The van der Waals surface area contributed by atoms with Crippen LogP contribution in [0.5, 0.6) is 5.88 Å². The molecule has 0 radical (unpaired) electrons. The van der Waals surface area contributed by atoms with E-state index in [9.17, 15) is 4.79 Å². The van der Waals surface area contributed by atoms with Gasteiger partial charge in [0.1, 0.15) is 12.0 Å². The maximum atomic E-state index is 10.6. The van der Waals surface area contributed by atoms with Gasteiger partial charge in [-0.2, -0.15) is 4.98 Å². The summed E-state index contributed by atoms with van der Waals surface area (Å²) in [6.07, 6.45) is 3.35. The lowest BCUT2D eigenvalue weighted by atomic mass is 10.2. The Bertz CT molecular complexity index is 423. The Morgan fingerprint density at radius 1 is 1.42 bits per heavy atom. The molecule has 1 aromatic heterocycles. The second-order valence-corrected chi connectivity index (χ2v) is 4.46. The van der Waals surface area contributed by atoms with Gasteiger partial charge in [-0.25, -0.2) is 4.98 Å². The molecular weight excluding hydrogens is 246 g/mol. The molecule has 0 aliphatic rings. The fourth-order valence-electron chi connectivity index (χ4n) is 1.47. The quantitative estimate of drug-likeness (QED) is 0.603. The summed E-state index contributed by atoms with van der Waals surface area (Å²) < 4.78 is 5.47. The summed E-state index contributed by atoms with van der Waals surface area (Å²) in [4.78, 5) is 18.6. The van der Waals surface area contributed by atoms with Crippen molar-refractivity contribution in [1.82, 2.24) is 9.97 Å². The SMILES string of the molecule is CC(C)Oc1ncnc(NCCCCC(N)=O)c1N. The molecule has 1 heterocycles. The highest BCUT2D eigenvalue weighted by atomic mass is 16.5. The minimum absolute atomic E-state index is 0.000571. The van der Waals surface area contributed by atoms with Crippen LogP contribution in [-0.4, -0.2) is 28.5 Å². The first kappa shape index (κ1) is 15.0. The molecule has 0 fully saturated rings. The third-order valence-corrected chi connectivity index (χ3v) is 2.34. The molecule has 0 aliphatic carbocycles. The van der Waals surface area contributed by atoms with Crippen molar-refractivity contribution in [2.45, 2.75) is 39.2 Å². The number of nitrogen functional groups attached to an aromatic ring is 1. The van der Waals surface area contributed by atoms with Gasteiger partial charge in [-0.3, -0.25) is 4.79 Å². The standard InChI is InChI=1S/C12H21N5O2/c1-8(2)19-12-10(14)11(16-7-17-12)15-6-4-3-5-9(13)18/h7-8H,3-6,14H2,1-2H3,(H2,13,18)(H,15,16,17). The number of hydrogen-bond donors (Lipinski definition) is 3. The zero-order valence-electron chi connectivity index (χ0n) is 11.3. The molecule has 5 N–H and O–H groups in total. The van der Waals surface area contributed by atoms with Crippen molar-refractivity contribution in [3.8, 4) is 5.88 Å². The Kier molecular flexibility index (Phi) is 5.84. The first-order valence-corrected chi connectivity index (χ1v) is 6.30. The Labute approximate surface area is 112 Å². The minimum Gasteiger partial charge on any atom is -0.473 e. The van der Waals surface area contributed by atoms with E-state index in [2.05, 4.69) is 15.3 Å². The van der Waals surface area contributed by atoms with Gasteiger partial charge in [0.25, 0.3) is 0 Å². The number of amides is 1. The smallest absolute Gasteiger partial charge is 0.242 e. The highest BCUT2D eigenvalue weighted by Gasteiger charge is 2.10. The number of nitrogens with two attached hydrogens (primary N) is 2. The molecular formula is C12H21N5O2. The van der Waals surface area contributed by atoms with Crippen molar-refractivity contribution in [1.29, 1.82) is 0 Å². The number of rotatable bonds is 8. The third kappa shape index (κ3) is 5.41. The predicted molar refractivity (Wildman–Crippen MR) is 73.7 cm³/mol. The van der Waals surface area contributed by atoms with Crippen LogP contribution in [-0.2, 0) is 4.79 Å². The molecule has 7 heteroatoms. The van der Waals surface area contributed by atoms with E-state index in [0.29, 0.717) is 30.4 Å². The number of nitrogens with zero attached hydrogens (tertiary/aromatic N) is 2.